The molecule has 0 saturated carbocycles. The van der Waals surface area contributed by atoms with Crippen LogP contribution in [0.1, 0.15) is 16.8 Å². The summed E-state index contributed by atoms with van der Waals surface area (Å²) in [6.07, 6.45) is 0.632. The summed E-state index contributed by atoms with van der Waals surface area (Å²) < 4.78 is 13.7. The summed E-state index contributed by atoms with van der Waals surface area (Å²) in [5.41, 5.74) is 2.78. The Morgan fingerprint density at radius 1 is 1.26 bits per heavy atom. The van der Waals surface area contributed by atoms with Gasteiger partial charge in [-0.05, 0) is 17.7 Å². The largest absolute Gasteiger partial charge is 0.504 e. The third-order valence-corrected chi connectivity index (χ3v) is 4.97. The summed E-state index contributed by atoms with van der Waals surface area (Å²) in [6, 6.07) is 12.3. The molecule has 2 aromatic carbocycles. The van der Waals surface area contributed by atoms with Gasteiger partial charge in [-0.3, -0.25) is 9.69 Å². The van der Waals surface area contributed by atoms with Crippen molar-refractivity contribution >= 4 is 11.6 Å². The van der Waals surface area contributed by atoms with Gasteiger partial charge in [-0.25, -0.2) is 9.37 Å². The Morgan fingerprint density at radius 2 is 2.04 bits per heavy atom. The number of benzene rings is 2. The molecule has 138 valence electrons. The van der Waals surface area contributed by atoms with Crippen LogP contribution in [0.2, 0.25) is 5.02 Å². The van der Waals surface area contributed by atoms with Gasteiger partial charge in [-0.15, -0.1) is 0 Å². The van der Waals surface area contributed by atoms with Gasteiger partial charge in [0.1, 0.15) is 5.82 Å². The average Bonchev–Trinajstić information content (AvgIpc) is 2.67. The van der Waals surface area contributed by atoms with Crippen LogP contribution >= 0.6 is 11.6 Å². The van der Waals surface area contributed by atoms with Gasteiger partial charge in [-0.1, -0.05) is 41.9 Å². The first-order chi connectivity index (χ1) is 13.0. The Bertz CT molecular complexity index is 1030. The molecular weight excluding hydrogens is 369 g/mol. The van der Waals surface area contributed by atoms with Crippen molar-refractivity contribution in [3.63, 3.8) is 0 Å². The minimum Gasteiger partial charge on any atom is -0.504 e. The highest BCUT2D eigenvalue weighted by Gasteiger charge is 2.22. The number of phenolic OH excluding ortho intramolecular Hbond substituents is 1. The lowest BCUT2D eigenvalue weighted by molar-refractivity contribution is 0.241. The second-order valence-electron chi connectivity index (χ2n) is 6.57. The van der Waals surface area contributed by atoms with Crippen LogP contribution in [-0.4, -0.2) is 26.5 Å². The molecule has 2 N–H and O–H groups in total. The van der Waals surface area contributed by atoms with Crippen molar-refractivity contribution in [2.45, 2.75) is 19.5 Å². The number of hydrogen-bond donors (Lipinski definition) is 2. The van der Waals surface area contributed by atoms with Crippen LogP contribution in [-0.2, 0) is 19.5 Å². The van der Waals surface area contributed by atoms with E-state index in [1.54, 1.807) is 0 Å². The van der Waals surface area contributed by atoms with Crippen LogP contribution in [0.15, 0.2) is 47.3 Å². The number of nitrogens with one attached hydrogen (secondary N) is 1. The smallest absolute Gasteiger partial charge is 0.255 e. The van der Waals surface area contributed by atoms with Crippen LogP contribution in [0.3, 0.4) is 0 Å². The molecule has 27 heavy (non-hydrogen) atoms. The number of fused-ring (bicyclic) bond motifs is 1. The number of aromatic hydroxyl groups is 1. The second kappa shape index (κ2) is 7.13. The lowest BCUT2D eigenvalue weighted by atomic mass is 10.1. The zero-order valence-electron chi connectivity index (χ0n) is 14.4. The Hall–Kier alpha value is -2.70. The molecule has 0 bridgehead atoms. The zero-order chi connectivity index (χ0) is 19.0. The minimum absolute atomic E-state index is 0.0190. The van der Waals surface area contributed by atoms with Crippen molar-refractivity contribution < 1.29 is 9.50 Å². The molecule has 7 heteroatoms. The lowest BCUT2D eigenvalue weighted by Gasteiger charge is -2.27. The number of aromatic nitrogens is 2. The molecule has 0 radical (unpaired) electrons. The Labute approximate surface area is 160 Å². The predicted molar refractivity (Wildman–Crippen MR) is 101 cm³/mol. The topological polar surface area (TPSA) is 69.2 Å². The van der Waals surface area contributed by atoms with Crippen molar-refractivity contribution in [1.82, 2.24) is 14.9 Å². The van der Waals surface area contributed by atoms with Gasteiger partial charge in [0.2, 0.25) is 0 Å². The van der Waals surface area contributed by atoms with E-state index in [1.165, 1.54) is 12.1 Å². The highest BCUT2D eigenvalue weighted by atomic mass is 35.5. The fraction of sp³-hybridized carbons (Fsp3) is 0.200. The summed E-state index contributed by atoms with van der Waals surface area (Å²) >= 11 is 5.85. The van der Waals surface area contributed by atoms with Gasteiger partial charge in [0.25, 0.3) is 5.56 Å². The number of aromatic amines is 1. The zero-order valence-corrected chi connectivity index (χ0v) is 15.1. The fourth-order valence-corrected chi connectivity index (χ4v) is 3.55. The third-order valence-electron chi connectivity index (χ3n) is 4.68. The molecular formula is C20H17ClFN3O2. The van der Waals surface area contributed by atoms with Gasteiger partial charge < -0.3 is 10.1 Å². The van der Waals surface area contributed by atoms with Crippen LogP contribution in [0, 0.1) is 5.82 Å². The van der Waals surface area contributed by atoms with Crippen molar-refractivity contribution in [3.8, 4) is 17.1 Å². The molecule has 1 aliphatic rings. The van der Waals surface area contributed by atoms with Crippen LogP contribution in [0.5, 0.6) is 5.75 Å². The van der Waals surface area contributed by atoms with E-state index in [-0.39, 0.29) is 10.6 Å². The maximum atomic E-state index is 13.7. The van der Waals surface area contributed by atoms with Gasteiger partial charge in [0.05, 0.1) is 16.3 Å². The monoisotopic (exact) mass is 385 g/mol. The molecule has 5 nitrogen and oxygen atoms in total. The summed E-state index contributed by atoms with van der Waals surface area (Å²) in [5.74, 6) is -0.722. The number of halogens is 2. The maximum absolute atomic E-state index is 13.7. The predicted octanol–water partition coefficient (Wildman–Crippen LogP) is 3.49. The van der Waals surface area contributed by atoms with E-state index in [9.17, 15) is 14.3 Å². The molecule has 2 heterocycles. The lowest BCUT2D eigenvalue weighted by Crippen LogP contribution is -2.35. The van der Waals surface area contributed by atoms with Crippen molar-refractivity contribution in [3.05, 3.63) is 80.5 Å². The minimum atomic E-state index is -0.748. The van der Waals surface area contributed by atoms with Crippen molar-refractivity contribution in [1.29, 1.82) is 0 Å². The molecule has 0 atom stereocenters. The first kappa shape index (κ1) is 17.7. The Morgan fingerprint density at radius 3 is 2.78 bits per heavy atom. The van der Waals surface area contributed by atoms with Crippen LogP contribution in [0.4, 0.5) is 4.39 Å². The molecule has 0 fully saturated rings. The number of H-pyrrole nitrogens is 1. The van der Waals surface area contributed by atoms with Crippen molar-refractivity contribution in [2.75, 3.05) is 6.54 Å². The fourth-order valence-electron chi connectivity index (χ4n) is 3.32. The number of phenols is 1. The molecule has 0 saturated heterocycles. The van der Waals surface area contributed by atoms with Crippen molar-refractivity contribution in [2.24, 2.45) is 0 Å². The van der Waals surface area contributed by atoms with E-state index in [1.807, 2.05) is 35.2 Å². The van der Waals surface area contributed by atoms with E-state index in [0.717, 1.165) is 11.3 Å². The molecule has 1 aliphatic heterocycles. The van der Waals surface area contributed by atoms with E-state index in [2.05, 4.69) is 9.97 Å². The van der Waals surface area contributed by atoms with E-state index >= 15 is 0 Å². The number of rotatable bonds is 3. The van der Waals surface area contributed by atoms with Crippen LogP contribution in [0.25, 0.3) is 11.4 Å². The maximum Gasteiger partial charge on any atom is 0.255 e. The van der Waals surface area contributed by atoms with E-state index < -0.39 is 11.6 Å². The van der Waals surface area contributed by atoms with Gasteiger partial charge in [0.15, 0.2) is 11.6 Å². The standard InChI is InChI=1S/C20H17ClFN3O2/c21-15-8-12(9-16(22)18(15)26)10-25-7-6-17-14(11-25)20(27)24-19(23-17)13-4-2-1-3-5-13/h1-5,8-9,26H,6-7,10-11H2,(H,23,24,27). The first-order valence-corrected chi connectivity index (χ1v) is 8.96. The molecule has 0 spiro atoms. The SMILES string of the molecule is O=c1[nH]c(-c2ccccc2)nc2c1CN(Cc1cc(F)c(O)c(Cl)c1)CC2. The Balaban J connectivity index is 1.58. The summed E-state index contributed by atoms with van der Waals surface area (Å²) in [5, 5.41) is 9.43. The van der Waals surface area contributed by atoms with Gasteiger partial charge in [-0.2, -0.15) is 0 Å². The summed E-state index contributed by atoms with van der Waals surface area (Å²) in [7, 11) is 0. The highest BCUT2D eigenvalue weighted by Crippen LogP contribution is 2.29. The number of nitrogens with zero attached hydrogens (tertiary/aromatic N) is 2. The molecule has 0 amide bonds. The molecule has 4 rings (SSSR count). The normalized spacial score (nSPS) is 14.1. The second-order valence-corrected chi connectivity index (χ2v) is 6.98. The number of hydrogen-bond acceptors (Lipinski definition) is 4. The van der Waals surface area contributed by atoms with E-state index in [4.69, 9.17) is 11.6 Å². The molecule has 3 aromatic rings. The highest BCUT2D eigenvalue weighted by molar-refractivity contribution is 6.32. The molecule has 0 aliphatic carbocycles. The molecule has 1 aromatic heterocycles. The summed E-state index contributed by atoms with van der Waals surface area (Å²) in [4.78, 5) is 22.1. The summed E-state index contributed by atoms with van der Waals surface area (Å²) in [6.45, 7) is 1.54. The third kappa shape index (κ3) is 3.59. The first-order valence-electron chi connectivity index (χ1n) is 8.58. The quantitative estimate of drug-likeness (QED) is 0.724. The van der Waals surface area contributed by atoms with E-state index in [0.29, 0.717) is 43.0 Å². The Kier molecular flexibility index (Phi) is 4.68. The molecule has 0 unspecified atom stereocenters. The van der Waals surface area contributed by atoms with Crippen LogP contribution < -0.4 is 5.56 Å². The van der Waals surface area contributed by atoms with Gasteiger partial charge in [0, 0.05) is 31.6 Å². The van der Waals surface area contributed by atoms with Gasteiger partial charge >= 0.3 is 0 Å². The average molecular weight is 386 g/mol.